The summed E-state index contributed by atoms with van der Waals surface area (Å²) >= 11 is 0. The molecule has 0 N–H and O–H groups in total. The van der Waals surface area contributed by atoms with Gasteiger partial charge in [-0.2, -0.15) is 5.26 Å². The first-order valence-corrected chi connectivity index (χ1v) is 6.25. The largest absolute Gasteiger partial charge is 0.490 e. The molecule has 20 heavy (non-hydrogen) atoms. The maximum atomic E-state index is 12.7. The van der Waals surface area contributed by atoms with E-state index in [4.69, 9.17) is 14.7 Å². The van der Waals surface area contributed by atoms with Crippen molar-refractivity contribution in [3.63, 3.8) is 0 Å². The highest BCUT2D eigenvalue weighted by molar-refractivity contribution is 5.28. The van der Waals surface area contributed by atoms with Gasteiger partial charge in [-0.1, -0.05) is 12.1 Å². The molecule has 0 saturated carbocycles. The molecule has 0 aromatic heterocycles. The zero-order valence-corrected chi connectivity index (χ0v) is 10.9. The molecular weight excluding hydrogens is 257 g/mol. The Morgan fingerprint density at radius 1 is 0.850 bits per heavy atom. The van der Waals surface area contributed by atoms with Gasteiger partial charge in [0.25, 0.3) is 0 Å². The molecule has 2 aromatic carbocycles. The maximum absolute atomic E-state index is 12.7. The third kappa shape index (κ3) is 4.29. The molecule has 0 saturated heterocycles. The van der Waals surface area contributed by atoms with Gasteiger partial charge < -0.3 is 9.47 Å². The fourth-order valence-electron chi connectivity index (χ4n) is 1.64. The van der Waals surface area contributed by atoms with Gasteiger partial charge in [0.2, 0.25) is 0 Å². The van der Waals surface area contributed by atoms with E-state index < -0.39 is 0 Å². The van der Waals surface area contributed by atoms with E-state index in [0.717, 1.165) is 11.3 Å². The molecular formula is C16H14FNO2. The van der Waals surface area contributed by atoms with Crippen LogP contribution in [0.4, 0.5) is 4.39 Å². The van der Waals surface area contributed by atoms with Crippen molar-refractivity contribution in [3.8, 4) is 17.6 Å². The SMILES string of the molecule is N#CCc1ccc(OCCOc2ccc(F)cc2)cc1. The maximum Gasteiger partial charge on any atom is 0.123 e. The Kier molecular flexibility index (Phi) is 4.96. The van der Waals surface area contributed by atoms with Crippen molar-refractivity contribution in [1.29, 1.82) is 5.26 Å². The Morgan fingerprint density at radius 2 is 1.35 bits per heavy atom. The molecule has 102 valence electrons. The van der Waals surface area contributed by atoms with Crippen LogP contribution in [0.3, 0.4) is 0 Å². The van der Waals surface area contributed by atoms with Crippen molar-refractivity contribution >= 4 is 0 Å². The average molecular weight is 271 g/mol. The monoisotopic (exact) mass is 271 g/mol. The number of benzene rings is 2. The van der Waals surface area contributed by atoms with E-state index in [0.29, 0.717) is 25.4 Å². The lowest BCUT2D eigenvalue weighted by Gasteiger charge is -2.08. The zero-order valence-electron chi connectivity index (χ0n) is 10.9. The minimum absolute atomic E-state index is 0.286. The molecule has 2 rings (SSSR count). The first-order valence-electron chi connectivity index (χ1n) is 6.25. The molecule has 3 nitrogen and oxygen atoms in total. The van der Waals surface area contributed by atoms with Crippen molar-refractivity contribution < 1.29 is 13.9 Å². The second-order valence-corrected chi connectivity index (χ2v) is 4.13. The molecule has 0 bridgehead atoms. The van der Waals surface area contributed by atoms with Crippen LogP contribution in [0.5, 0.6) is 11.5 Å². The minimum atomic E-state index is -0.286. The summed E-state index contributed by atoms with van der Waals surface area (Å²) in [6.07, 6.45) is 0.397. The summed E-state index contributed by atoms with van der Waals surface area (Å²) in [4.78, 5) is 0. The van der Waals surface area contributed by atoms with E-state index in [2.05, 4.69) is 6.07 Å². The zero-order chi connectivity index (χ0) is 14.2. The van der Waals surface area contributed by atoms with Crippen LogP contribution < -0.4 is 9.47 Å². The van der Waals surface area contributed by atoms with Gasteiger partial charge in [-0.15, -0.1) is 0 Å². The Balaban J connectivity index is 1.73. The second kappa shape index (κ2) is 7.15. The van der Waals surface area contributed by atoms with Crippen LogP contribution in [-0.2, 0) is 6.42 Å². The van der Waals surface area contributed by atoms with Crippen LogP contribution in [0.25, 0.3) is 0 Å². The van der Waals surface area contributed by atoms with Crippen LogP contribution in [0.1, 0.15) is 5.56 Å². The molecule has 0 heterocycles. The quantitative estimate of drug-likeness (QED) is 0.757. The van der Waals surface area contributed by atoms with Crippen LogP contribution in [0.2, 0.25) is 0 Å². The molecule has 0 radical (unpaired) electrons. The predicted molar refractivity (Wildman–Crippen MR) is 73.1 cm³/mol. The van der Waals surface area contributed by atoms with E-state index >= 15 is 0 Å². The smallest absolute Gasteiger partial charge is 0.123 e. The highest BCUT2D eigenvalue weighted by Gasteiger charge is 1.97. The first kappa shape index (κ1) is 13.9. The van der Waals surface area contributed by atoms with Crippen molar-refractivity contribution in [1.82, 2.24) is 0 Å². The standard InChI is InChI=1S/C16H14FNO2/c17-14-3-7-16(8-4-14)20-12-11-19-15-5-1-13(2-6-15)9-10-18/h1-8H,9,11-12H2. The lowest BCUT2D eigenvalue weighted by atomic mass is 10.2. The van der Waals surface area contributed by atoms with Crippen molar-refractivity contribution in [2.75, 3.05) is 13.2 Å². The lowest BCUT2D eigenvalue weighted by Crippen LogP contribution is -2.08. The third-order valence-electron chi connectivity index (χ3n) is 2.64. The van der Waals surface area contributed by atoms with E-state index in [1.54, 1.807) is 12.1 Å². The fourth-order valence-corrected chi connectivity index (χ4v) is 1.64. The molecule has 0 aliphatic heterocycles. The van der Waals surface area contributed by atoms with Gasteiger partial charge in [-0.3, -0.25) is 0 Å². The van der Waals surface area contributed by atoms with E-state index in [-0.39, 0.29) is 5.82 Å². The fraction of sp³-hybridized carbons (Fsp3) is 0.188. The number of nitriles is 1. The number of rotatable bonds is 6. The molecule has 0 atom stereocenters. The van der Waals surface area contributed by atoms with E-state index in [1.165, 1.54) is 12.1 Å². The summed E-state index contributed by atoms with van der Waals surface area (Å²) < 4.78 is 23.6. The molecule has 0 spiro atoms. The molecule has 0 amide bonds. The summed E-state index contributed by atoms with van der Waals surface area (Å²) in [6.45, 7) is 0.778. The molecule has 0 aliphatic rings. The molecule has 2 aromatic rings. The van der Waals surface area contributed by atoms with Gasteiger partial charge in [0, 0.05) is 0 Å². The number of hydrogen-bond acceptors (Lipinski definition) is 3. The second-order valence-electron chi connectivity index (χ2n) is 4.13. The molecule has 4 heteroatoms. The number of nitrogens with zero attached hydrogens (tertiary/aromatic N) is 1. The molecule has 0 unspecified atom stereocenters. The number of halogens is 1. The van der Waals surface area contributed by atoms with Gasteiger partial charge >= 0.3 is 0 Å². The number of ether oxygens (including phenoxy) is 2. The van der Waals surface area contributed by atoms with Gasteiger partial charge in [-0.05, 0) is 42.0 Å². The van der Waals surface area contributed by atoms with Crippen LogP contribution in [-0.4, -0.2) is 13.2 Å². The topological polar surface area (TPSA) is 42.2 Å². The van der Waals surface area contributed by atoms with Crippen molar-refractivity contribution in [2.24, 2.45) is 0 Å². The third-order valence-corrected chi connectivity index (χ3v) is 2.64. The summed E-state index contributed by atoms with van der Waals surface area (Å²) in [6, 6.07) is 15.3. The van der Waals surface area contributed by atoms with E-state index in [9.17, 15) is 4.39 Å². The van der Waals surface area contributed by atoms with Gasteiger partial charge in [-0.25, -0.2) is 4.39 Å². The van der Waals surface area contributed by atoms with Crippen molar-refractivity contribution in [3.05, 3.63) is 59.9 Å². The highest BCUT2D eigenvalue weighted by Crippen LogP contribution is 2.13. The van der Waals surface area contributed by atoms with Gasteiger partial charge in [0.1, 0.15) is 30.5 Å². The molecule has 0 fully saturated rings. The molecule has 0 aliphatic carbocycles. The normalized spacial score (nSPS) is 9.80. The summed E-state index contributed by atoms with van der Waals surface area (Å²) in [5.74, 6) is 1.06. The Bertz CT molecular complexity index is 573. The van der Waals surface area contributed by atoms with Crippen LogP contribution >= 0.6 is 0 Å². The predicted octanol–water partition coefficient (Wildman–Crippen LogP) is 3.35. The van der Waals surface area contributed by atoms with Gasteiger partial charge in [0.15, 0.2) is 0 Å². The highest BCUT2D eigenvalue weighted by atomic mass is 19.1. The Labute approximate surface area is 117 Å². The van der Waals surface area contributed by atoms with Crippen LogP contribution in [0, 0.1) is 17.1 Å². The summed E-state index contributed by atoms with van der Waals surface area (Å²) in [7, 11) is 0. The average Bonchev–Trinajstić information content (AvgIpc) is 2.47. The minimum Gasteiger partial charge on any atom is -0.490 e. The van der Waals surface area contributed by atoms with Crippen molar-refractivity contribution in [2.45, 2.75) is 6.42 Å². The van der Waals surface area contributed by atoms with Crippen LogP contribution in [0.15, 0.2) is 48.5 Å². The summed E-state index contributed by atoms with van der Waals surface area (Å²) in [5.41, 5.74) is 0.961. The first-order chi connectivity index (χ1) is 9.78. The lowest BCUT2D eigenvalue weighted by molar-refractivity contribution is 0.217. The Morgan fingerprint density at radius 3 is 1.85 bits per heavy atom. The Hall–Kier alpha value is -2.54. The summed E-state index contributed by atoms with van der Waals surface area (Å²) in [5, 5.41) is 8.57. The van der Waals surface area contributed by atoms with E-state index in [1.807, 2.05) is 24.3 Å². The number of hydrogen-bond donors (Lipinski definition) is 0. The van der Waals surface area contributed by atoms with Gasteiger partial charge in [0.05, 0.1) is 12.5 Å².